The van der Waals surface area contributed by atoms with Gasteiger partial charge < -0.3 is 0 Å². The van der Waals surface area contributed by atoms with E-state index in [0.29, 0.717) is 0 Å². The zero-order chi connectivity index (χ0) is 24.6. The van der Waals surface area contributed by atoms with Crippen LogP contribution in [0.15, 0.2) is 97.6 Å². The van der Waals surface area contributed by atoms with Crippen LogP contribution in [0.25, 0.3) is 11.1 Å². The van der Waals surface area contributed by atoms with Crippen LogP contribution in [0.1, 0.15) is 80.5 Å². The fourth-order valence-corrected chi connectivity index (χ4v) is 4.51. The lowest BCUT2D eigenvalue weighted by molar-refractivity contribution is 0.674. The van der Waals surface area contributed by atoms with E-state index in [1.807, 2.05) is 6.08 Å². The van der Waals surface area contributed by atoms with Crippen molar-refractivity contribution in [2.75, 3.05) is 0 Å². The smallest absolute Gasteiger partial charge is 0.0184 e. The molecule has 184 valence electrons. The van der Waals surface area contributed by atoms with Gasteiger partial charge in [-0.25, -0.2) is 0 Å². The van der Waals surface area contributed by atoms with Crippen molar-refractivity contribution in [3.63, 3.8) is 0 Å². The Labute approximate surface area is 214 Å². The number of hydrogen-bond acceptors (Lipinski definition) is 0. The van der Waals surface area contributed by atoms with Crippen molar-refractivity contribution in [1.29, 1.82) is 0 Å². The summed E-state index contributed by atoms with van der Waals surface area (Å²) in [5.41, 5.74) is 8.29. The van der Waals surface area contributed by atoms with E-state index in [0.717, 1.165) is 38.5 Å². The highest BCUT2D eigenvalue weighted by Gasteiger charge is 2.01. The molecule has 3 aromatic carbocycles. The molecule has 35 heavy (non-hydrogen) atoms. The van der Waals surface area contributed by atoms with Gasteiger partial charge in [0.05, 0.1) is 0 Å². The van der Waals surface area contributed by atoms with Crippen molar-refractivity contribution in [3.8, 4) is 11.1 Å². The number of benzene rings is 3. The fraction of sp³-hybridized carbons (Fsp3) is 0.371. The van der Waals surface area contributed by atoms with Gasteiger partial charge in [0.25, 0.3) is 0 Å². The van der Waals surface area contributed by atoms with Crippen LogP contribution in [0.3, 0.4) is 0 Å². The summed E-state index contributed by atoms with van der Waals surface area (Å²) in [5, 5.41) is 0. The third-order valence-electron chi connectivity index (χ3n) is 6.83. The van der Waals surface area contributed by atoms with E-state index < -0.39 is 0 Å². The van der Waals surface area contributed by atoms with E-state index in [2.05, 4.69) is 98.5 Å². The van der Waals surface area contributed by atoms with E-state index in [1.165, 1.54) is 71.9 Å². The molecule has 0 saturated heterocycles. The number of unbranched alkanes of at least 4 members (excludes halogenated alkanes) is 5. The summed E-state index contributed by atoms with van der Waals surface area (Å²) in [5.74, 6) is 0. The molecule has 0 fully saturated rings. The minimum Gasteiger partial charge on any atom is -0.103 e. The largest absolute Gasteiger partial charge is 0.103 e. The van der Waals surface area contributed by atoms with Gasteiger partial charge >= 0.3 is 0 Å². The van der Waals surface area contributed by atoms with E-state index >= 15 is 0 Å². The van der Waals surface area contributed by atoms with Crippen molar-refractivity contribution >= 4 is 0 Å². The SMILES string of the molecule is C=CCCCc1ccc(CCc2ccc(-c3ccc(CC/C=C/CCCCCC)cc3)cc2)cc1. The van der Waals surface area contributed by atoms with Crippen LogP contribution in [-0.4, -0.2) is 0 Å². The highest BCUT2D eigenvalue weighted by molar-refractivity contribution is 5.64. The molecule has 0 spiro atoms. The topological polar surface area (TPSA) is 0 Å². The van der Waals surface area contributed by atoms with Crippen LogP contribution in [0.4, 0.5) is 0 Å². The van der Waals surface area contributed by atoms with Crippen LogP contribution in [0.5, 0.6) is 0 Å². The summed E-state index contributed by atoms with van der Waals surface area (Å²) in [7, 11) is 0. The Hall–Kier alpha value is -2.86. The Bertz CT molecular complexity index is 987. The average Bonchev–Trinajstić information content (AvgIpc) is 2.90. The number of rotatable bonds is 16. The number of hydrogen-bond donors (Lipinski definition) is 0. The molecule has 0 heteroatoms. The lowest BCUT2D eigenvalue weighted by Crippen LogP contribution is -1.93. The van der Waals surface area contributed by atoms with Crippen molar-refractivity contribution in [3.05, 3.63) is 120 Å². The van der Waals surface area contributed by atoms with Crippen molar-refractivity contribution in [2.24, 2.45) is 0 Å². The molecule has 0 aliphatic carbocycles. The molecular formula is C35H44. The van der Waals surface area contributed by atoms with Gasteiger partial charge in [-0.15, -0.1) is 6.58 Å². The van der Waals surface area contributed by atoms with Crippen LogP contribution in [0, 0.1) is 0 Å². The molecule has 0 nitrogen and oxygen atoms in total. The first-order valence-corrected chi connectivity index (χ1v) is 13.8. The van der Waals surface area contributed by atoms with E-state index in [1.54, 1.807) is 0 Å². The van der Waals surface area contributed by atoms with Crippen molar-refractivity contribution in [1.82, 2.24) is 0 Å². The first-order chi connectivity index (χ1) is 17.3. The molecule has 0 aliphatic heterocycles. The number of aryl methyl sites for hydroxylation is 4. The van der Waals surface area contributed by atoms with Crippen molar-refractivity contribution < 1.29 is 0 Å². The maximum atomic E-state index is 3.81. The van der Waals surface area contributed by atoms with Crippen molar-refractivity contribution in [2.45, 2.75) is 84.0 Å². The molecule has 0 amide bonds. The lowest BCUT2D eigenvalue weighted by Gasteiger charge is -2.07. The van der Waals surface area contributed by atoms with Crippen LogP contribution < -0.4 is 0 Å². The lowest BCUT2D eigenvalue weighted by atomic mass is 9.98. The predicted octanol–water partition coefficient (Wildman–Crippen LogP) is 10.1. The Morgan fingerprint density at radius 3 is 1.51 bits per heavy atom. The molecular weight excluding hydrogens is 420 g/mol. The molecule has 0 N–H and O–H groups in total. The molecule has 0 heterocycles. The van der Waals surface area contributed by atoms with Gasteiger partial charge in [0, 0.05) is 0 Å². The summed E-state index contributed by atoms with van der Waals surface area (Å²) in [4.78, 5) is 0. The average molecular weight is 465 g/mol. The molecule has 3 rings (SSSR count). The van der Waals surface area contributed by atoms with Crippen LogP contribution in [0.2, 0.25) is 0 Å². The molecule has 3 aromatic rings. The van der Waals surface area contributed by atoms with E-state index in [-0.39, 0.29) is 0 Å². The highest BCUT2D eigenvalue weighted by atomic mass is 14.1. The van der Waals surface area contributed by atoms with Crippen LogP contribution >= 0.6 is 0 Å². The minimum atomic E-state index is 1.08. The van der Waals surface area contributed by atoms with Gasteiger partial charge in [0.15, 0.2) is 0 Å². The standard InChI is InChI=1S/C35H44/c1-3-5-7-8-9-10-11-13-15-31-22-26-34(27-23-31)35-28-24-33(25-29-35)21-20-32-18-16-30(17-19-32)14-12-6-4-2/h4,10-11,16-19,22-29H,2-3,5-9,12-15,20-21H2,1H3/b11-10+. The second-order valence-corrected chi connectivity index (χ2v) is 9.75. The van der Waals surface area contributed by atoms with E-state index in [9.17, 15) is 0 Å². The normalized spacial score (nSPS) is 11.2. The molecule has 0 aliphatic rings. The van der Waals surface area contributed by atoms with Crippen LogP contribution in [-0.2, 0) is 25.7 Å². The zero-order valence-electron chi connectivity index (χ0n) is 21.9. The number of allylic oxidation sites excluding steroid dienone is 3. The molecule has 0 unspecified atom stereocenters. The van der Waals surface area contributed by atoms with Gasteiger partial charge in [-0.2, -0.15) is 0 Å². The van der Waals surface area contributed by atoms with Gasteiger partial charge in [-0.1, -0.05) is 117 Å². The molecule has 0 bridgehead atoms. The second-order valence-electron chi connectivity index (χ2n) is 9.75. The molecule has 0 radical (unpaired) electrons. The summed E-state index contributed by atoms with van der Waals surface area (Å²) >= 11 is 0. The fourth-order valence-electron chi connectivity index (χ4n) is 4.51. The summed E-state index contributed by atoms with van der Waals surface area (Å²) in [6, 6.07) is 27.4. The quantitative estimate of drug-likeness (QED) is 0.146. The minimum absolute atomic E-state index is 1.08. The first-order valence-electron chi connectivity index (χ1n) is 13.8. The molecule has 0 aromatic heterocycles. The predicted molar refractivity (Wildman–Crippen MR) is 155 cm³/mol. The first kappa shape index (κ1) is 26.7. The molecule has 0 atom stereocenters. The third-order valence-corrected chi connectivity index (χ3v) is 6.83. The summed E-state index contributed by atoms with van der Waals surface area (Å²) in [6.45, 7) is 6.07. The Morgan fingerprint density at radius 2 is 0.971 bits per heavy atom. The van der Waals surface area contributed by atoms with Gasteiger partial charge in [0.1, 0.15) is 0 Å². The summed E-state index contributed by atoms with van der Waals surface area (Å²) in [6.07, 6.45) is 21.2. The van der Waals surface area contributed by atoms with E-state index in [4.69, 9.17) is 0 Å². The van der Waals surface area contributed by atoms with Gasteiger partial charge in [-0.05, 0) is 91.2 Å². The highest BCUT2D eigenvalue weighted by Crippen LogP contribution is 2.22. The Balaban J connectivity index is 1.41. The zero-order valence-corrected chi connectivity index (χ0v) is 21.9. The Kier molecular flexibility index (Phi) is 12.2. The van der Waals surface area contributed by atoms with Gasteiger partial charge in [0.2, 0.25) is 0 Å². The second kappa shape index (κ2) is 15.9. The summed E-state index contributed by atoms with van der Waals surface area (Å²) < 4.78 is 0. The Morgan fingerprint density at radius 1 is 0.486 bits per heavy atom. The monoisotopic (exact) mass is 464 g/mol. The van der Waals surface area contributed by atoms with Gasteiger partial charge in [-0.3, -0.25) is 0 Å². The third kappa shape index (κ3) is 10.1. The maximum Gasteiger partial charge on any atom is -0.0184 e. The maximum absolute atomic E-state index is 3.81. The molecule has 0 saturated carbocycles.